The minimum Gasteiger partial charge on any atom is -0.393 e. The summed E-state index contributed by atoms with van der Waals surface area (Å²) in [6, 6.07) is 0. The standard InChI is InChI=1S/C9H20N2O2/c1-7(6-10)9(13)11-5-3-4-8(2)12/h7-8,12H,3-6,10H2,1-2H3,(H,11,13). The minimum absolute atomic E-state index is 0.00640. The number of aliphatic hydroxyl groups excluding tert-OH is 1. The van der Waals surface area contributed by atoms with Crippen LogP contribution in [0.3, 0.4) is 0 Å². The van der Waals surface area contributed by atoms with Crippen LogP contribution >= 0.6 is 0 Å². The summed E-state index contributed by atoms with van der Waals surface area (Å²) in [5, 5.41) is 11.7. The van der Waals surface area contributed by atoms with Crippen LogP contribution in [0, 0.1) is 5.92 Å². The van der Waals surface area contributed by atoms with E-state index in [4.69, 9.17) is 10.8 Å². The van der Waals surface area contributed by atoms with Crippen LogP contribution in [-0.4, -0.2) is 30.2 Å². The van der Waals surface area contributed by atoms with E-state index >= 15 is 0 Å². The van der Waals surface area contributed by atoms with Gasteiger partial charge in [-0.3, -0.25) is 4.79 Å². The smallest absolute Gasteiger partial charge is 0.224 e. The monoisotopic (exact) mass is 188 g/mol. The topological polar surface area (TPSA) is 75.3 Å². The Hall–Kier alpha value is -0.610. The lowest BCUT2D eigenvalue weighted by molar-refractivity contribution is -0.124. The Morgan fingerprint density at radius 1 is 1.54 bits per heavy atom. The van der Waals surface area contributed by atoms with Gasteiger partial charge < -0.3 is 16.2 Å². The molecule has 0 bridgehead atoms. The molecule has 0 aliphatic carbocycles. The van der Waals surface area contributed by atoms with E-state index in [9.17, 15) is 4.79 Å². The van der Waals surface area contributed by atoms with E-state index in [0.717, 1.165) is 12.8 Å². The van der Waals surface area contributed by atoms with Gasteiger partial charge in [-0.1, -0.05) is 6.92 Å². The van der Waals surface area contributed by atoms with Crippen molar-refractivity contribution >= 4 is 5.91 Å². The van der Waals surface area contributed by atoms with Crippen LogP contribution in [0.15, 0.2) is 0 Å². The lowest BCUT2D eigenvalue weighted by atomic mass is 10.1. The zero-order valence-electron chi connectivity index (χ0n) is 8.42. The molecule has 0 aromatic heterocycles. The third-order valence-corrected chi connectivity index (χ3v) is 1.90. The Kier molecular flexibility index (Phi) is 6.54. The third-order valence-electron chi connectivity index (χ3n) is 1.90. The summed E-state index contributed by atoms with van der Waals surface area (Å²) in [6.07, 6.45) is 1.24. The highest BCUT2D eigenvalue weighted by atomic mass is 16.3. The number of hydrogen-bond acceptors (Lipinski definition) is 3. The van der Waals surface area contributed by atoms with Crippen LogP contribution in [0.1, 0.15) is 26.7 Å². The number of carbonyl (C=O) groups excluding carboxylic acids is 1. The molecular weight excluding hydrogens is 168 g/mol. The van der Waals surface area contributed by atoms with E-state index < -0.39 is 0 Å². The molecule has 0 radical (unpaired) electrons. The molecule has 0 aromatic carbocycles. The molecule has 0 saturated heterocycles. The fourth-order valence-corrected chi connectivity index (χ4v) is 0.890. The molecule has 2 atom stereocenters. The second kappa shape index (κ2) is 6.86. The normalized spacial score (nSPS) is 15.1. The fraction of sp³-hybridized carbons (Fsp3) is 0.889. The summed E-state index contributed by atoms with van der Waals surface area (Å²) in [6.45, 7) is 4.53. The molecule has 0 aliphatic heterocycles. The van der Waals surface area contributed by atoms with Crippen molar-refractivity contribution in [3.05, 3.63) is 0 Å². The lowest BCUT2D eigenvalue weighted by Gasteiger charge is -2.10. The highest BCUT2D eigenvalue weighted by molar-refractivity contribution is 5.78. The Morgan fingerprint density at radius 3 is 2.62 bits per heavy atom. The SMILES string of the molecule is CC(O)CCCNC(=O)C(C)CN. The zero-order valence-corrected chi connectivity index (χ0v) is 8.42. The predicted octanol–water partition coefficient (Wildman–Crippen LogP) is -0.142. The van der Waals surface area contributed by atoms with Gasteiger partial charge in [0.05, 0.1) is 6.10 Å². The predicted molar refractivity (Wildman–Crippen MR) is 52.1 cm³/mol. The van der Waals surface area contributed by atoms with Crippen molar-refractivity contribution in [1.29, 1.82) is 0 Å². The minimum atomic E-state index is -0.288. The first-order chi connectivity index (χ1) is 6.07. The van der Waals surface area contributed by atoms with Crippen molar-refractivity contribution in [1.82, 2.24) is 5.32 Å². The number of nitrogens with two attached hydrogens (primary N) is 1. The molecular formula is C9H20N2O2. The molecule has 0 saturated carbocycles. The number of nitrogens with one attached hydrogen (secondary N) is 1. The van der Waals surface area contributed by atoms with Crippen molar-refractivity contribution in [3.8, 4) is 0 Å². The second-order valence-corrected chi connectivity index (χ2v) is 3.42. The molecule has 78 valence electrons. The maximum Gasteiger partial charge on any atom is 0.224 e. The largest absolute Gasteiger partial charge is 0.393 e. The van der Waals surface area contributed by atoms with Gasteiger partial charge in [-0.2, -0.15) is 0 Å². The van der Waals surface area contributed by atoms with E-state index in [-0.39, 0.29) is 17.9 Å². The van der Waals surface area contributed by atoms with Gasteiger partial charge in [0.25, 0.3) is 0 Å². The Morgan fingerprint density at radius 2 is 2.15 bits per heavy atom. The molecule has 4 nitrogen and oxygen atoms in total. The molecule has 4 heteroatoms. The van der Waals surface area contributed by atoms with E-state index in [2.05, 4.69) is 5.32 Å². The van der Waals surface area contributed by atoms with Crippen molar-refractivity contribution < 1.29 is 9.90 Å². The van der Waals surface area contributed by atoms with Crippen LogP contribution in [0.25, 0.3) is 0 Å². The van der Waals surface area contributed by atoms with Crippen molar-refractivity contribution in [2.45, 2.75) is 32.8 Å². The molecule has 13 heavy (non-hydrogen) atoms. The summed E-state index contributed by atoms with van der Waals surface area (Å²) < 4.78 is 0. The van der Waals surface area contributed by atoms with Gasteiger partial charge in [0, 0.05) is 19.0 Å². The van der Waals surface area contributed by atoms with Gasteiger partial charge >= 0.3 is 0 Å². The van der Waals surface area contributed by atoms with E-state index in [1.807, 2.05) is 0 Å². The Labute approximate surface area is 79.5 Å². The van der Waals surface area contributed by atoms with Gasteiger partial charge in [0.2, 0.25) is 5.91 Å². The quantitative estimate of drug-likeness (QED) is 0.508. The maximum atomic E-state index is 11.2. The number of aliphatic hydroxyl groups is 1. The molecule has 0 aromatic rings. The van der Waals surface area contributed by atoms with Crippen LogP contribution in [-0.2, 0) is 4.79 Å². The van der Waals surface area contributed by atoms with E-state index in [1.54, 1.807) is 13.8 Å². The molecule has 0 rings (SSSR count). The van der Waals surface area contributed by atoms with Crippen LogP contribution in [0.2, 0.25) is 0 Å². The van der Waals surface area contributed by atoms with Crippen LogP contribution in [0.4, 0.5) is 0 Å². The molecule has 1 amide bonds. The second-order valence-electron chi connectivity index (χ2n) is 3.42. The highest BCUT2D eigenvalue weighted by Gasteiger charge is 2.09. The molecule has 0 spiro atoms. The first kappa shape index (κ1) is 12.4. The van der Waals surface area contributed by atoms with E-state index in [1.165, 1.54) is 0 Å². The van der Waals surface area contributed by atoms with E-state index in [0.29, 0.717) is 13.1 Å². The number of carbonyl (C=O) groups is 1. The summed E-state index contributed by atoms with van der Waals surface area (Å²) in [7, 11) is 0. The average molecular weight is 188 g/mol. The molecule has 4 N–H and O–H groups in total. The van der Waals surface area contributed by atoms with Crippen molar-refractivity contribution in [3.63, 3.8) is 0 Å². The average Bonchev–Trinajstić information content (AvgIpc) is 2.10. The van der Waals surface area contributed by atoms with Gasteiger partial charge in [0.15, 0.2) is 0 Å². The lowest BCUT2D eigenvalue weighted by Crippen LogP contribution is -2.33. The number of amides is 1. The fourth-order valence-electron chi connectivity index (χ4n) is 0.890. The van der Waals surface area contributed by atoms with Gasteiger partial charge in [0.1, 0.15) is 0 Å². The highest BCUT2D eigenvalue weighted by Crippen LogP contribution is 1.95. The first-order valence-electron chi connectivity index (χ1n) is 4.73. The third kappa shape index (κ3) is 6.54. The Balaban J connectivity index is 3.37. The molecule has 0 fully saturated rings. The number of rotatable bonds is 6. The Bertz CT molecular complexity index is 149. The molecule has 0 aliphatic rings. The number of hydrogen-bond donors (Lipinski definition) is 3. The maximum absolute atomic E-state index is 11.2. The molecule has 2 unspecified atom stereocenters. The van der Waals surface area contributed by atoms with Gasteiger partial charge in [-0.05, 0) is 19.8 Å². The van der Waals surface area contributed by atoms with Gasteiger partial charge in [-0.15, -0.1) is 0 Å². The first-order valence-corrected chi connectivity index (χ1v) is 4.73. The van der Waals surface area contributed by atoms with Crippen LogP contribution in [0.5, 0.6) is 0 Å². The molecule has 0 heterocycles. The van der Waals surface area contributed by atoms with Crippen molar-refractivity contribution in [2.75, 3.05) is 13.1 Å². The summed E-state index contributed by atoms with van der Waals surface area (Å²) in [5.74, 6) is -0.125. The van der Waals surface area contributed by atoms with Gasteiger partial charge in [-0.25, -0.2) is 0 Å². The summed E-state index contributed by atoms with van der Waals surface area (Å²) in [5.41, 5.74) is 5.32. The summed E-state index contributed by atoms with van der Waals surface area (Å²) in [4.78, 5) is 11.2. The summed E-state index contributed by atoms with van der Waals surface area (Å²) >= 11 is 0. The van der Waals surface area contributed by atoms with Crippen molar-refractivity contribution in [2.24, 2.45) is 11.7 Å². The van der Waals surface area contributed by atoms with Crippen LogP contribution < -0.4 is 11.1 Å². The zero-order chi connectivity index (χ0) is 10.3.